The molecular formula is C45H33NO. The number of rotatable bonds is 4. The number of hydrogen-bond donors (Lipinski definition) is 0. The van der Waals surface area contributed by atoms with Gasteiger partial charge in [-0.05, 0) is 99.1 Å². The third kappa shape index (κ3) is 4.48. The van der Waals surface area contributed by atoms with Gasteiger partial charge in [-0.2, -0.15) is 0 Å². The van der Waals surface area contributed by atoms with Gasteiger partial charge in [-0.25, -0.2) is 0 Å². The van der Waals surface area contributed by atoms with Crippen LogP contribution < -0.4 is 4.90 Å². The molecule has 224 valence electrons. The van der Waals surface area contributed by atoms with Crippen molar-refractivity contribution in [1.82, 2.24) is 0 Å². The molecular weight excluding hydrogens is 571 g/mol. The smallest absolute Gasteiger partial charge is 0.135 e. The zero-order valence-corrected chi connectivity index (χ0v) is 26.4. The van der Waals surface area contributed by atoms with Gasteiger partial charge in [-0.15, -0.1) is 0 Å². The van der Waals surface area contributed by atoms with Crippen LogP contribution in [0.5, 0.6) is 0 Å². The lowest BCUT2D eigenvalue weighted by Crippen LogP contribution is -2.30. The van der Waals surface area contributed by atoms with E-state index < -0.39 is 0 Å². The Kier molecular flexibility index (Phi) is 6.20. The highest BCUT2D eigenvalue weighted by Gasteiger charge is 2.37. The summed E-state index contributed by atoms with van der Waals surface area (Å²) in [6.07, 6.45) is 0. The predicted molar refractivity (Wildman–Crippen MR) is 197 cm³/mol. The SMILES string of the molecule is CC1(C)c2ccccc2N(c2cccc(-c3cccc(-c4ccc5oc6ccccc6c5c4)c3)c2)c2ccc(-c3ccccc3)cc21. The van der Waals surface area contributed by atoms with Crippen molar-refractivity contribution in [3.63, 3.8) is 0 Å². The fourth-order valence-corrected chi connectivity index (χ4v) is 7.40. The molecule has 7 aromatic carbocycles. The first kappa shape index (κ1) is 27.5. The number of fused-ring (bicyclic) bond motifs is 5. The fraction of sp³-hybridized carbons (Fsp3) is 0.0667. The van der Waals surface area contributed by atoms with Gasteiger partial charge in [-0.1, -0.05) is 123 Å². The Morgan fingerprint density at radius 1 is 0.404 bits per heavy atom. The topological polar surface area (TPSA) is 16.4 Å². The van der Waals surface area contributed by atoms with Gasteiger partial charge in [0.25, 0.3) is 0 Å². The summed E-state index contributed by atoms with van der Waals surface area (Å²) in [5, 5.41) is 2.29. The molecule has 0 saturated carbocycles. The van der Waals surface area contributed by atoms with Crippen LogP contribution in [-0.2, 0) is 5.41 Å². The Bertz CT molecular complexity index is 2450. The van der Waals surface area contributed by atoms with E-state index >= 15 is 0 Å². The second-order valence-electron chi connectivity index (χ2n) is 13.0. The molecule has 2 heterocycles. The summed E-state index contributed by atoms with van der Waals surface area (Å²) in [6, 6.07) is 59.1. The van der Waals surface area contributed by atoms with Crippen LogP contribution in [0.3, 0.4) is 0 Å². The molecule has 1 aliphatic rings. The van der Waals surface area contributed by atoms with Crippen LogP contribution >= 0.6 is 0 Å². The molecule has 0 fully saturated rings. The summed E-state index contributed by atoms with van der Waals surface area (Å²) in [6.45, 7) is 4.70. The number of benzene rings is 7. The summed E-state index contributed by atoms with van der Waals surface area (Å²) in [4.78, 5) is 2.44. The van der Waals surface area contributed by atoms with E-state index in [1.165, 1.54) is 55.9 Å². The summed E-state index contributed by atoms with van der Waals surface area (Å²) < 4.78 is 6.09. The largest absolute Gasteiger partial charge is 0.456 e. The van der Waals surface area contributed by atoms with Crippen LogP contribution in [0.25, 0.3) is 55.3 Å². The van der Waals surface area contributed by atoms with Crippen molar-refractivity contribution < 1.29 is 4.42 Å². The first-order valence-electron chi connectivity index (χ1n) is 16.3. The Morgan fingerprint density at radius 2 is 1.00 bits per heavy atom. The number of nitrogens with zero attached hydrogens (tertiary/aromatic N) is 1. The third-order valence-electron chi connectivity index (χ3n) is 9.85. The van der Waals surface area contributed by atoms with Crippen molar-refractivity contribution in [3.8, 4) is 33.4 Å². The molecule has 0 saturated heterocycles. The lowest BCUT2D eigenvalue weighted by molar-refractivity contribution is 0.632. The van der Waals surface area contributed by atoms with Crippen molar-refractivity contribution in [3.05, 3.63) is 175 Å². The minimum atomic E-state index is -0.152. The van der Waals surface area contributed by atoms with Crippen LogP contribution in [0.2, 0.25) is 0 Å². The van der Waals surface area contributed by atoms with Gasteiger partial charge in [0.05, 0.1) is 11.4 Å². The number of para-hydroxylation sites is 2. The number of furan rings is 1. The Hall–Kier alpha value is -5.86. The standard InChI is InChI=1S/C45H33NO/c1-45(2)39-19-7-8-20-41(39)46(42-24-22-35(29-40(42)45)30-12-4-3-5-13-30)36-17-11-16-33(27-36)31-14-10-15-32(26-31)34-23-25-44-38(28-34)37-18-6-9-21-43(37)47-44/h3-29H,1-2H3. The van der Waals surface area contributed by atoms with E-state index in [1.54, 1.807) is 0 Å². The summed E-state index contributed by atoms with van der Waals surface area (Å²) >= 11 is 0. The minimum absolute atomic E-state index is 0.152. The molecule has 0 spiro atoms. The van der Waals surface area contributed by atoms with Gasteiger partial charge >= 0.3 is 0 Å². The number of hydrogen-bond acceptors (Lipinski definition) is 2. The Labute approximate surface area is 275 Å². The third-order valence-corrected chi connectivity index (χ3v) is 9.85. The molecule has 47 heavy (non-hydrogen) atoms. The van der Waals surface area contributed by atoms with Crippen LogP contribution in [0.4, 0.5) is 17.1 Å². The highest BCUT2D eigenvalue weighted by Crippen LogP contribution is 2.52. The monoisotopic (exact) mass is 603 g/mol. The molecule has 0 unspecified atom stereocenters. The molecule has 0 atom stereocenters. The molecule has 0 bridgehead atoms. The molecule has 1 aromatic heterocycles. The van der Waals surface area contributed by atoms with Gasteiger partial charge in [0.2, 0.25) is 0 Å². The van der Waals surface area contributed by atoms with E-state index in [0.717, 1.165) is 27.6 Å². The van der Waals surface area contributed by atoms with Gasteiger partial charge in [0.1, 0.15) is 11.2 Å². The molecule has 1 aliphatic heterocycles. The van der Waals surface area contributed by atoms with Gasteiger partial charge in [0.15, 0.2) is 0 Å². The van der Waals surface area contributed by atoms with Crippen LogP contribution in [0.15, 0.2) is 168 Å². The second-order valence-corrected chi connectivity index (χ2v) is 13.0. The average Bonchev–Trinajstić information content (AvgIpc) is 3.50. The molecule has 0 amide bonds. The lowest BCUT2D eigenvalue weighted by Gasteiger charge is -2.42. The maximum absolute atomic E-state index is 6.09. The normalized spacial score (nSPS) is 13.4. The van der Waals surface area contributed by atoms with Gasteiger partial charge in [-0.3, -0.25) is 0 Å². The lowest BCUT2D eigenvalue weighted by atomic mass is 9.73. The molecule has 2 nitrogen and oxygen atoms in total. The maximum atomic E-state index is 6.09. The van der Waals surface area contributed by atoms with Crippen molar-refractivity contribution in [2.45, 2.75) is 19.3 Å². The van der Waals surface area contributed by atoms with E-state index in [9.17, 15) is 0 Å². The summed E-state index contributed by atoms with van der Waals surface area (Å²) in [7, 11) is 0. The van der Waals surface area contributed by atoms with E-state index in [1.807, 2.05) is 12.1 Å². The van der Waals surface area contributed by atoms with Crippen LogP contribution in [-0.4, -0.2) is 0 Å². The fourth-order valence-electron chi connectivity index (χ4n) is 7.40. The molecule has 2 heteroatoms. The maximum Gasteiger partial charge on any atom is 0.135 e. The molecule has 8 aromatic rings. The van der Waals surface area contributed by atoms with E-state index in [0.29, 0.717) is 0 Å². The first-order chi connectivity index (χ1) is 23.0. The van der Waals surface area contributed by atoms with E-state index in [4.69, 9.17) is 4.42 Å². The summed E-state index contributed by atoms with van der Waals surface area (Å²) in [5.41, 5.74) is 15.1. The molecule has 0 aliphatic carbocycles. The van der Waals surface area contributed by atoms with Gasteiger partial charge < -0.3 is 9.32 Å². The zero-order chi connectivity index (χ0) is 31.5. The van der Waals surface area contributed by atoms with E-state index in [-0.39, 0.29) is 5.41 Å². The predicted octanol–water partition coefficient (Wildman–Crippen LogP) is 12.7. The van der Waals surface area contributed by atoms with Crippen LogP contribution in [0, 0.1) is 0 Å². The van der Waals surface area contributed by atoms with E-state index in [2.05, 4.69) is 170 Å². The first-order valence-corrected chi connectivity index (χ1v) is 16.3. The van der Waals surface area contributed by atoms with Crippen molar-refractivity contribution in [2.24, 2.45) is 0 Å². The molecule has 9 rings (SSSR count). The highest BCUT2D eigenvalue weighted by atomic mass is 16.3. The second kappa shape index (κ2) is 10.6. The highest BCUT2D eigenvalue weighted by molar-refractivity contribution is 6.06. The Morgan fingerprint density at radius 3 is 1.85 bits per heavy atom. The van der Waals surface area contributed by atoms with Crippen molar-refractivity contribution in [2.75, 3.05) is 4.90 Å². The van der Waals surface area contributed by atoms with Gasteiger partial charge in [0, 0.05) is 21.9 Å². The Balaban J connectivity index is 1.15. The van der Waals surface area contributed by atoms with Crippen molar-refractivity contribution in [1.29, 1.82) is 0 Å². The zero-order valence-electron chi connectivity index (χ0n) is 26.4. The average molecular weight is 604 g/mol. The summed E-state index contributed by atoms with van der Waals surface area (Å²) in [5.74, 6) is 0. The minimum Gasteiger partial charge on any atom is -0.456 e. The molecule has 0 radical (unpaired) electrons. The molecule has 0 N–H and O–H groups in total. The quantitative estimate of drug-likeness (QED) is 0.199. The van der Waals surface area contributed by atoms with Crippen LogP contribution in [0.1, 0.15) is 25.0 Å². The van der Waals surface area contributed by atoms with Crippen molar-refractivity contribution >= 4 is 39.0 Å². The number of anilines is 3.